The molecule has 1 fully saturated rings. The second kappa shape index (κ2) is 8.19. The van der Waals surface area contributed by atoms with E-state index in [0.717, 1.165) is 43.4 Å². The third-order valence-corrected chi connectivity index (χ3v) is 5.03. The molecule has 1 aliphatic rings. The molecule has 2 rings (SSSR count). The summed E-state index contributed by atoms with van der Waals surface area (Å²) in [6.45, 7) is 8.56. The number of amides is 1. The van der Waals surface area contributed by atoms with Crippen LogP contribution < -0.4 is 0 Å². The first-order valence-corrected chi connectivity index (χ1v) is 9.01. The normalized spacial score (nSPS) is 21.3. The summed E-state index contributed by atoms with van der Waals surface area (Å²) in [6.07, 6.45) is 0.107. The maximum atomic E-state index is 11.7. The van der Waals surface area contributed by atoms with Gasteiger partial charge in [-0.2, -0.15) is 0 Å². The summed E-state index contributed by atoms with van der Waals surface area (Å²) in [6, 6.07) is 0.437. The van der Waals surface area contributed by atoms with Gasteiger partial charge in [0.15, 0.2) is 0 Å². The van der Waals surface area contributed by atoms with Gasteiger partial charge in [0.2, 0.25) is 5.91 Å². The Morgan fingerprint density at radius 2 is 2.26 bits per heavy atom. The highest BCUT2D eigenvalue weighted by atomic mass is 32.1. The molecule has 1 aromatic heterocycles. The van der Waals surface area contributed by atoms with Gasteiger partial charge in [0.1, 0.15) is 5.01 Å². The van der Waals surface area contributed by atoms with E-state index in [1.165, 1.54) is 0 Å². The van der Waals surface area contributed by atoms with Crippen LogP contribution >= 0.6 is 11.3 Å². The van der Waals surface area contributed by atoms with E-state index >= 15 is 0 Å². The largest absolute Gasteiger partial charge is 0.392 e. The molecule has 1 saturated heterocycles. The van der Waals surface area contributed by atoms with Gasteiger partial charge in [-0.1, -0.05) is 0 Å². The molecule has 1 aromatic rings. The molecule has 1 aliphatic heterocycles. The lowest BCUT2D eigenvalue weighted by molar-refractivity contribution is -0.127. The van der Waals surface area contributed by atoms with Crippen molar-refractivity contribution in [2.45, 2.75) is 39.0 Å². The Bertz CT molecular complexity index is 518. The highest BCUT2D eigenvalue weighted by Crippen LogP contribution is 2.16. The molecule has 23 heavy (non-hydrogen) atoms. The highest BCUT2D eigenvalue weighted by Gasteiger charge is 2.24. The Hall–Kier alpha value is -1.02. The van der Waals surface area contributed by atoms with Gasteiger partial charge in [0.05, 0.1) is 18.2 Å². The van der Waals surface area contributed by atoms with Crippen molar-refractivity contribution in [2.24, 2.45) is 0 Å². The third-order valence-electron chi connectivity index (χ3n) is 4.13. The fourth-order valence-electron chi connectivity index (χ4n) is 2.84. The molecule has 0 spiro atoms. The van der Waals surface area contributed by atoms with Crippen molar-refractivity contribution in [1.82, 2.24) is 19.7 Å². The number of β-amino-alcohol motifs (C(OH)–C–C–N with tert-alkyl or cyclic N) is 1. The van der Waals surface area contributed by atoms with Crippen LogP contribution in [-0.4, -0.2) is 83.1 Å². The molecule has 1 N–H and O–H groups in total. The standard InChI is InChI=1S/C16H28N4O2S/c1-12-8-19(5-6-20(12)9-13(2)21)10-14-11-23-15(17-14)7-16(22)18(3)4/h11-13,21H,5-10H2,1-4H3/t12-,13+/m1/s1. The van der Waals surface area contributed by atoms with E-state index in [1.807, 2.05) is 6.92 Å². The minimum atomic E-state index is -0.278. The fourth-order valence-corrected chi connectivity index (χ4v) is 3.62. The number of likely N-dealkylation sites (N-methyl/N-ethyl adjacent to an activating group) is 1. The zero-order valence-electron chi connectivity index (χ0n) is 14.5. The van der Waals surface area contributed by atoms with Crippen molar-refractivity contribution < 1.29 is 9.90 Å². The summed E-state index contributed by atoms with van der Waals surface area (Å²) >= 11 is 1.56. The average molecular weight is 340 g/mol. The fraction of sp³-hybridized carbons (Fsp3) is 0.750. The molecule has 0 unspecified atom stereocenters. The van der Waals surface area contributed by atoms with Crippen LogP contribution in [0.4, 0.5) is 0 Å². The monoisotopic (exact) mass is 340 g/mol. The topological polar surface area (TPSA) is 59.9 Å². The van der Waals surface area contributed by atoms with Gasteiger partial charge in [0.25, 0.3) is 0 Å². The first-order chi connectivity index (χ1) is 10.8. The molecule has 130 valence electrons. The van der Waals surface area contributed by atoms with Crippen LogP contribution in [0.3, 0.4) is 0 Å². The summed E-state index contributed by atoms with van der Waals surface area (Å²) in [5.41, 5.74) is 1.05. The van der Waals surface area contributed by atoms with Crippen LogP contribution in [0.15, 0.2) is 5.38 Å². The Labute approximate surface area is 142 Å². The van der Waals surface area contributed by atoms with Crippen LogP contribution in [0, 0.1) is 0 Å². The SMILES string of the molecule is C[C@H](O)CN1CCN(Cc2csc(CC(=O)N(C)C)n2)C[C@H]1C. The molecule has 2 atom stereocenters. The quantitative estimate of drug-likeness (QED) is 0.824. The highest BCUT2D eigenvalue weighted by molar-refractivity contribution is 7.09. The van der Waals surface area contributed by atoms with E-state index in [2.05, 4.69) is 27.1 Å². The van der Waals surface area contributed by atoms with E-state index in [9.17, 15) is 9.90 Å². The summed E-state index contributed by atoms with van der Waals surface area (Å²) in [5.74, 6) is 0.0891. The van der Waals surface area contributed by atoms with Crippen LogP contribution in [0.5, 0.6) is 0 Å². The Morgan fingerprint density at radius 1 is 1.52 bits per heavy atom. The van der Waals surface area contributed by atoms with Crippen LogP contribution in [0.2, 0.25) is 0 Å². The van der Waals surface area contributed by atoms with Gasteiger partial charge >= 0.3 is 0 Å². The summed E-state index contributed by atoms with van der Waals surface area (Å²) in [4.78, 5) is 22.7. The molecule has 0 bridgehead atoms. The molecule has 6 nitrogen and oxygen atoms in total. The van der Waals surface area contributed by atoms with E-state index < -0.39 is 0 Å². The maximum Gasteiger partial charge on any atom is 0.228 e. The Morgan fingerprint density at radius 3 is 2.87 bits per heavy atom. The number of hydrogen-bond acceptors (Lipinski definition) is 6. The van der Waals surface area contributed by atoms with Gasteiger partial charge in [-0.3, -0.25) is 14.6 Å². The van der Waals surface area contributed by atoms with E-state index in [4.69, 9.17) is 0 Å². The smallest absolute Gasteiger partial charge is 0.228 e. The first-order valence-electron chi connectivity index (χ1n) is 8.13. The lowest BCUT2D eigenvalue weighted by Gasteiger charge is -2.40. The molecule has 0 radical (unpaired) electrons. The Balaban J connectivity index is 1.84. The van der Waals surface area contributed by atoms with Crippen LogP contribution in [0.1, 0.15) is 24.5 Å². The number of piperazine rings is 1. The maximum absolute atomic E-state index is 11.7. The number of carbonyl (C=O) groups excluding carboxylic acids is 1. The van der Waals surface area contributed by atoms with Crippen molar-refractivity contribution in [3.63, 3.8) is 0 Å². The molecule has 2 heterocycles. The van der Waals surface area contributed by atoms with Crippen LogP contribution in [0.25, 0.3) is 0 Å². The molecule has 7 heteroatoms. The number of thiazole rings is 1. The Kier molecular flexibility index (Phi) is 6.52. The van der Waals surface area contributed by atoms with E-state index in [-0.39, 0.29) is 12.0 Å². The van der Waals surface area contributed by atoms with E-state index in [1.54, 1.807) is 30.3 Å². The zero-order chi connectivity index (χ0) is 17.0. The van der Waals surface area contributed by atoms with Gasteiger partial charge in [0, 0.05) is 58.2 Å². The predicted molar refractivity (Wildman–Crippen MR) is 92.5 cm³/mol. The summed E-state index contributed by atoms with van der Waals surface area (Å²) < 4.78 is 0. The molecular weight excluding hydrogens is 312 g/mol. The minimum absolute atomic E-state index is 0.0891. The third kappa shape index (κ3) is 5.53. The van der Waals surface area contributed by atoms with Gasteiger partial charge < -0.3 is 10.0 Å². The number of aliphatic hydroxyl groups is 1. The van der Waals surface area contributed by atoms with Crippen molar-refractivity contribution in [3.05, 3.63) is 16.1 Å². The second-order valence-electron chi connectivity index (χ2n) is 6.63. The lowest BCUT2D eigenvalue weighted by Crippen LogP contribution is -2.53. The van der Waals surface area contributed by atoms with Crippen molar-refractivity contribution in [3.8, 4) is 0 Å². The average Bonchev–Trinajstić information content (AvgIpc) is 2.88. The molecule has 0 aliphatic carbocycles. The lowest BCUT2D eigenvalue weighted by atomic mass is 10.1. The first kappa shape index (κ1) is 18.3. The number of rotatable bonds is 6. The summed E-state index contributed by atoms with van der Waals surface area (Å²) in [5, 5.41) is 12.5. The van der Waals surface area contributed by atoms with Crippen molar-refractivity contribution in [1.29, 1.82) is 0 Å². The molecule has 1 amide bonds. The van der Waals surface area contributed by atoms with Gasteiger partial charge in [-0.05, 0) is 13.8 Å². The predicted octanol–water partition coefficient (Wildman–Crippen LogP) is 0.661. The number of aliphatic hydroxyl groups excluding tert-OH is 1. The van der Waals surface area contributed by atoms with Crippen molar-refractivity contribution in [2.75, 3.05) is 40.3 Å². The number of hydrogen-bond donors (Lipinski definition) is 1. The minimum Gasteiger partial charge on any atom is -0.392 e. The number of nitrogens with zero attached hydrogens (tertiary/aromatic N) is 4. The van der Waals surface area contributed by atoms with Crippen LogP contribution in [-0.2, 0) is 17.8 Å². The molecule has 0 aromatic carbocycles. The molecule has 0 saturated carbocycles. The molecular formula is C16H28N4O2S. The van der Waals surface area contributed by atoms with Gasteiger partial charge in [-0.25, -0.2) is 4.98 Å². The van der Waals surface area contributed by atoms with E-state index in [0.29, 0.717) is 12.5 Å². The van der Waals surface area contributed by atoms with Crippen molar-refractivity contribution >= 4 is 17.2 Å². The zero-order valence-corrected chi connectivity index (χ0v) is 15.3. The second-order valence-corrected chi connectivity index (χ2v) is 7.57. The number of aromatic nitrogens is 1. The summed E-state index contributed by atoms with van der Waals surface area (Å²) in [7, 11) is 3.54. The van der Waals surface area contributed by atoms with Gasteiger partial charge in [-0.15, -0.1) is 11.3 Å². The number of carbonyl (C=O) groups is 1.